The van der Waals surface area contributed by atoms with E-state index in [1.807, 2.05) is 0 Å². The van der Waals surface area contributed by atoms with Crippen molar-refractivity contribution >= 4 is 11.6 Å². The molecule has 1 aromatic carbocycles. The molecule has 4 aliphatic carbocycles. The summed E-state index contributed by atoms with van der Waals surface area (Å²) in [6, 6.07) is 11.8. The highest BCUT2D eigenvalue weighted by atomic mass is 19.1. The van der Waals surface area contributed by atoms with Gasteiger partial charge in [-0.25, -0.2) is 9.37 Å². The maximum absolute atomic E-state index is 14.4. The van der Waals surface area contributed by atoms with Gasteiger partial charge in [0.25, 0.3) is 5.56 Å². The SMILES string of the molecule is CN(c1ccc([C@H]2CN(c3nc(-c4ccncc4F)cc(=O)n3C)CCO2)cc1)C12CC3CC(CC(C3)C1)C2. The lowest BCUT2D eigenvalue weighted by Crippen LogP contribution is -2.59. The lowest BCUT2D eigenvalue weighted by molar-refractivity contribution is -0.00201. The van der Waals surface area contributed by atoms with E-state index in [0.717, 1.165) is 29.5 Å². The summed E-state index contributed by atoms with van der Waals surface area (Å²) in [5.74, 6) is 2.76. The molecule has 0 amide bonds. The fraction of sp³-hybridized carbons (Fsp3) is 0.516. The second-order valence-electron chi connectivity index (χ2n) is 12.3. The van der Waals surface area contributed by atoms with Crippen LogP contribution >= 0.6 is 0 Å². The molecule has 8 rings (SSSR count). The van der Waals surface area contributed by atoms with Gasteiger partial charge in [-0.05, 0) is 80.0 Å². The lowest BCUT2D eigenvalue weighted by atomic mass is 9.52. The number of hydrogen-bond acceptors (Lipinski definition) is 6. The van der Waals surface area contributed by atoms with E-state index in [-0.39, 0.29) is 17.2 Å². The summed E-state index contributed by atoms with van der Waals surface area (Å²) in [5, 5.41) is 0. The maximum Gasteiger partial charge on any atom is 0.255 e. The summed E-state index contributed by atoms with van der Waals surface area (Å²) in [6.07, 6.45) is 10.9. The van der Waals surface area contributed by atoms with Gasteiger partial charge in [0.1, 0.15) is 6.10 Å². The number of hydrogen-bond donors (Lipinski definition) is 0. The molecule has 1 atom stereocenters. The van der Waals surface area contributed by atoms with Gasteiger partial charge in [-0.2, -0.15) is 0 Å². The summed E-state index contributed by atoms with van der Waals surface area (Å²) >= 11 is 0. The first kappa shape index (κ1) is 24.8. The Labute approximate surface area is 228 Å². The number of pyridine rings is 1. The maximum atomic E-state index is 14.4. The number of nitrogens with zero attached hydrogens (tertiary/aromatic N) is 5. The molecular weight excluding hydrogens is 493 g/mol. The van der Waals surface area contributed by atoms with Crippen molar-refractivity contribution in [3.8, 4) is 11.3 Å². The van der Waals surface area contributed by atoms with Crippen molar-refractivity contribution in [2.24, 2.45) is 24.8 Å². The molecule has 5 fully saturated rings. The number of morpholine rings is 1. The fourth-order valence-corrected chi connectivity index (χ4v) is 8.23. The van der Waals surface area contributed by atoms with Crippen molar-refractivity contribution in [1.29, 1.82) is 0 Å². The van der Waals surface area contributed by atoms with Crippen LogP contribution in [0.5, 0.6) is 0 Å². The van der Waals surface area contributed by atoms with Gasteiger partial charge in [0.15, 0.2) is 5.82 Å². The second kappa shape index (κ2) is 9.44. The Morgan fingerprint density at radius 2 is 1.74 bits per heavy atom. The van der Waals surface area contributed by atoms with Gasteiger partial charge in [-0.3, -0.25) is 14.3 Å². The minimum absolute atomic E-state index is 0.143. The third-order valence-corrected chi connectivity index (χ3v) is 9.88. The normalized spacial score (nSPS) is 29.6. The van der Waals surface area contributed by atoms with Crippen molar-refractivity contribution in [1.82, 2.24) is 14.5 Å². The van der Waals surface area contributed by atoms with E-state index in [9.17, 15) is 9.18 Å². The van der Waals surface area contributed by atoms with Crippen molar-refractivity contribution in [2.75, 3.05) is 36.5 Å². The molecule has 4 saturated carbocycles. The zero-order valence-corrected chi connectivity index (χ0v) is 22.7. The van der Waals surface area contributed by atoms with Gasteiger partial charge >= 0.3 is 0 Å². The Bertz CT molecular complexity index is 1400. The van der Waals surface area contributed by atoms with Gasteiger partial charge in [0.2, 0.25) is 5.95 Å². The molecule has 3 aromatic rings. The smallest absolute Gasteiger partial charge is 0.255 e. The molecule has 7 nitrogen and oxygen atoms in total. The van der Waals surface area contributed by atoms with E-state index >= 15 is 0 Å². The minimum Gasteiger partial charge on any atom is -0.370 e. The Hall–Kier alpha value is -3.26. The van der Waals surface area contributed by atoms with Crippen LogP contribution in [0.3, 0.4) is 0 Å². The Morgan fingerprint density at radius 1 is 1.05 bits per heavy atom. The van der Waals surface area contributed by atoms with Gasteiger partial charge in [0.05, 0.1) is 25.0 Å². The van der Waals surface area contributed by atoms with Crippen LogP contribution in [0.1, 0.15) is 50.2 Å². The Balaban J connectivity index is 1.11. The predicted octanol–water partition coefficient (Wildman–Crippen LogP) is 4.96. The number of benzene rings is 1. The number of halogens is 1. The summed E-state index contributed by atoms with van der Waals surface area (Å²) in [6.45, 7) is 1.68. The number of aromatic nitrogens is 3. The molecule has 39 heavy (non-hydrogen) atoms. The highest BCUT2D eigenvalue weighted by Gasteiger charge is 2.52. The second-order valence-corrected chi connectivity index (χ2v) is 12.3. The fourth-order valence-electron chi connectivity index (χ4n) is 8.23. The van der Waals surface area contributed by atoms with Crippen LogP contribution in [0.4, 0.5) is 16.0 Å². The largest absolute Gasteiger partial charge is 0.370 e. The first-order valence-corrected chi connectivity index (χ1v) is 14.3. The van der Waals surface area contributed by atoms with E-state index in [1.165, 1.54) is 61.0 Å². The third-order valence-electron chi connectivity index (χ3n) is 9.88. The quantitative estimate of drug-likeness (QED) is 0.465. The monoisotopic (exact) mass is 529 g/mol. The van der Waals surface area contributed by atoms with E-state index in [4.69, 9.17) is 9.72 Å². The minimum atomic E-state index is -0.498. The average Bonchev–Trinajstić information content (AvgIpc) is 2.94. The zero-order chi connectivity index (χ0) is 26.7. The molecule has 5 aliphatic rings. The van der Waals surface area contributed by atoms with E-state index in [2.05, 4.69) is 46.1 Å². The molecule has 3 heterocycles. The molecule has 0 spiro atoms. The molecule has 1 aliphatic heterocycles. The van der Waals surface area contributed by atoms with Crippen molar-refractivity contribution in [3.63, 3.8) is 0 Å². The van der Waals surface area contributed by atoms with E-state index in [1.54, 1.807) is 13.1 Å². The van der Waals surface area contributed by atoms with Crippen LogP contribution in [0.25, 0.3) is 11.3 Å². The van der Waals surface area contributed by atoms with Gasteiger partial charge in [0, 0.05) is 49.7 Å². The molecule has 2 aromatic heterocycles. The van der Waals surface area contributed by atoms with Crippen LogP contribution < -0.4 is 15.4 Å². The Kier molecular flexibility index (Phi) is 5.99. The Morgan fingerprint density at radius 3 is 2.41 bits per heavy atom. The summed E-state index contributed by atoms with van der Waals surface area (Å²) in [7, 11) is 4.00. The third kappa shape index (κ3) is 4.33. The molecular formula is C31H36FN5O2. The topological polar surface area (TPSA) is 63.5 Å². The number of ether oxygens (including phenoxy) is 1. The van der Waals surface area contributed by atoms with Gasteiger partial charge < -0.3 is 14.5 Å². The molecule has 0 unspecified atom stereocenters. The molecule has 0 N–H and O–H groups in total. The lowest BCUT2D eigenvalue weighted by Gasteiger charge is -2.60. The first-order valence-electron chi connectivity index (χ1n) is 14.3. The average molecular weight is 530 g/mol. The number of rotatable bonds is 5. The van der Waals surface area contributed by atoms with E-state index < -0.39 is 5.82 Å². The highest BCUT2D eigenvalue weighted by molar-refractivity contribution is 5.60. The van der Waals surface area contributed by atoms with Crippen molar-refractivity contribution in [3.05, 3.63) is 70.5 Å². The van der Waals surface area contributed by atoms with Gasteiger partial charge in [-0.15, -0.1) is 0 Å². The zero-order valence-electron chi connectivity index (χ0n) is 22.7. The van der Waals surface area contributed by atoms with Crippen LogP contribution in [0.2, 0.25) is 0 Å². The van der Waals surface area contributed by atoms with Crippen LogP contribution in [-0.4, -0.2) is 46.8 Å². The van der Waals surface area contributed by atoms with Crippen molar-refractivity contribution < 1.29 is 9.13 Å². The summed E-state index contributed by atoms with van der Waals surface area (Å²) < 4.78 is 22.1. The molecule has 204 valence electrons. The molecule has 1 saturated heterocycles. The van der Waals surface area contributed by atoms with E-state index in [0.29, 0.717) is 36.9 Å². The van der Waals surface area contributed by atoms with Crippen LogP contribution in [0.15, 0.2) is 53.6 Å². The van der Waals surface area contributed by atoms with Crippen LogP contribution in [0, 0.1) is 23.6 Å². The van der Waals surface area contributed by atoms with Crippen LogP contribution in [-0.2, 0) is 11.8 Å². The number of anilines is 2. The summed E-state index contributed by atoms with van der Waals surface area (Å²) in [5.41, 5.74) is 3.07. The molecule has 0 radical (unpaired) electrons. The standard InChI is InChI=1S/C31H36FN5O2/c1-35-29(38)14-27(25-7-8-33-18-26(25)32)34-30(35)37-9-10-39-28(19-37)23-3-5-24(6-4-23)36(2)31-15-20-11-21(16-31)13-22(12-20)17-31/h3-8,14,18,20-22,28H,9-13,15-17,19H2,1-2H3/t20?,21?,22?,28-,31?/m1/s1. The highest BCUT2D eigenvalue weighted by Crippen LogP contribution is 2.58. The summed E-state index contributed by atoms with van der Waals surface area (Å²) in [4.78, 5) is 26.0. The predicted molar refractivity (Wildman–Crippen MR) is 149 cm³/mol. The molecule has 8 heteroatoms. The molecule has 4 bridgehead atoms. The first-order chi connectivity index (χ1) is 18.9. The van der Waals surface area contributed by atoms with Crippen molar-refractivity contribution in [2.45, 2.75) is 50.2 Å². The van der Waals surface area contributed by atoms with Gasteiger partial charge in [-0.1, -0.05) is 12.1 Å².